The largest absolute Gasteiger partial charge is 0.350 e. The molecule has 3 N–H and O–H groups in total. The van der Waals surface area contributed by atoms with Gasteiger partial charge in [-0.3, -0.25) is 9.78 Å². The molecule has 2 aromatic carbocycles. The average Bonchev–Trinajstić information content (AvgIpc) is 3.07. The quantitative estimate of drug-likeness (QED) is 0.511. The van der Waals surface area contributed by atoms with Crippen LogP contribution in [-0.2, 0) is 0 Å². The zero-order valence-corrected chi connectivity index (χ0v) is 18.5. The fourth-order valence-electron chi connectivity index (χ4n) is 4.13. The molecule has 1 atom stereocenters. The minimum atomic E-state index is -0.667. The number of hydrogen-bond acceptors (Lipinski definition) is 4. The highest BCUT2D eigenvalue weighted by molar-refractivity contribution is 5.99. The molecule has 2 aromatic heterocycles. The lowest BCUT2D eigenvalue weighted by molar-refractivity contribution is 0.0942. The van der Waals surface area contributed by atoms with E-state index in [-0.39, 0.29) is 5.91 Å². The molecule has 0 fully saturated rings. The molecule has 0 saturated heterocycles. The predicted molar refractivity (Wildman–Crippen MR) is 124 cm³/mol. The average molecular weight is 428 g/mol. The lowest BCUT2D eigenvalue weighted by atomic mass is 9.96. The van der Waals surface area contributed by atoms with Gasteiger partial charge in [0.1, 0.15) is 0 Å². The molecule has 0 aliphatic heterocycles. The summed E-state index contributed by atoms with van der Waals surface area (Å²) in [5.74, 6) is -0.252. The number of aromatic nitrogens is 3. The van der Waals surface area contributed by atoms with E-state index in [0.717, 1.165) is 27.6 Å². The van der Waals surface area contributed by atoms with E-state index in [1.807, 2.05) is 68.4 Å². The van der Waals surface area contributed by atoms with Crippen LogP contribution >= 0.6 is 0 Å². The van der Waals surface area contributed by atoms with Crippen molar-refractivity contribution in [2.24, 2.45) is 5.73 Å². The number of benzene rings is 2. The smallest absolute Gasteiger partial charge is 0.339 e. The third kappa shape index (κ3) is 3.73. The van der Waals surface area contributed by atoms with Crippen LogP contribution in [0.3, 0.4) is 0 Å². The van der Waals surface area contributed by atoms with Gasteiger partial charge in [-0.1, -0.05) is 48.5 Å². The number of nitrogens with zero attached hydrogens (tertiary/aromatic N) is 3. The molecule has 162 valence electrons. The number of hydrogen-bond donors (Lipinski definition) is 2. The maximum atomic E-state index is 13.4. The second kappa shape index (κ2) is 8.26. The van der Waals surface area contributed by atoms with Gasteiger partial charge >= 0.3 is 6.03 Å². The number of amides is 2. The normalized spacial score (nSPS) is 12.0. The summed E-state index contributed by atoms with van der Waals surface area (Å²) < 4.78 is 1.17. The molecule has 2 heterocycles. The number of nitrogens with two attached hydrogens (primary N) is 1. The van der Waals surface area contributed by atoms with Gasteiger partial charge in [-0.25, -0.2) is 4.79 Å². The molecule has 0 radical (unpaired) electrons. The molecule has 32 heavy (non-hydrogen) atoms. The van der Waals surface area contributed by atoms with Crippen molar-refractivity contribution in [2.75, 3.05) is 0 Å². The monoisotopic (exact) mass is 427 g/mol. The van der Waals surface area contributed by atoms with Crippen LogP contribution in [0.25, 0.3) is 10.9 Å². The van der Waals surface area contributed by atoms with E-state index >= 15 is 0 Å². The minimum absolute atomic E-state index is 0.252. The molecule has 0 aliphatic rings. The summed E-state index contributed by atoms with van der Waals surface area (Å²) in [6, 6.07) is 16.2. The summed E-state index contributed by atoms with van der Waals surface area (Å²) in [4.78, 5) is 29.9. The van der Waals surface area contributed by atoms with Crippen LogP contribution in [0.4, 0.5) is 4.79 Å². The SMILES string of the molecule is Cc1nc2c(C)cccc2cc1C(=O)NC(c1ccccc1)c1c(C)nn(C(N)=O)c1C. The van der Waals surface area contributed by atoms with Crippen molar-refractivity contribution in [1.29, 1.82) is 0 Å². The summed E-state index contributed by atoms with van der Waals surface area (Å²) in [6.07, 6.45) is 0. The first-order valence-corrected chi connectivity index (χ1v) is 10.4. The second-order valence-corrected chi connectivity index (χ2v) is 7.92. The van der Waals surface area contributed by atoms with Gasteiger partial charge in [0.2, 0.25) is 0 Å². The number of primary amides is 1. The van der Waals surface area contributed by atoms with Crippen LogP contribution in [0.2, 0.25) is 0 Å². The van der Waals surface area contributed by atoms with E-state index in [1.165, 1.54) is 4.68 Å². The molecule has 0 saturated carbocycles. The van der Waals surface area contributed by atoms with Gasteiger partial charge in [0.25, 0.3) is 5.91 Å². The zero-order valence-electron chi connectivity index (χ0n) is 18.5. The number of nitrogens with one attached hydrogen (secondary N) is 1. The Hall–Kier alpha value is -4.00. The number of rotatable bonds is 4. The Morgan fingerprint density at radius 2 is 1.69 bits per heavy atom. The molecule has 7 nitrogen and oxygen atoms in total. The number of aryl methyl sites for hydroxylation is 3. The molecule has 0 bridgehead atoms. The highest BCUT2D eigenvalue weighted by Gasteiger charge is 2.26. The predicted octanol–water partition coefficient (Wildman–Crippen LogP) is 4.11. The molecule has 0 spiro atoms. The van der Waals surface area contributed by atoms with Crippen LogP contribution in [0.5, 0.6) is 0 Å². The first-order valence-electron chi connectivity index (χ1n) is 10.4. The van der Waals surface area contributed by atoms with Gasteiger partial charge in [0.15, 0.2) is 0 Å². The van der Waals surface area contributed by atoms with E-state index in [1.54, 1.807) is 13.8 Å². The molecule has 4 aromatic rings. The van der Waals surface area contributed by atoms with Crippen LogP contribution in [0, 0.1) is 27.7 Å². The Balaban J connectivity index is 1.80. The van der Waals surface area contributed by atoms with Gasteiger partial charge in [0.05, 0.1) is 34.2 Å². The standard InChI is InChI=1S/C25H25N5O2/c1-14-9-8-12-19-13-20(15(2)27-22(14)19)24(31)28-23(18-10-6-5-7-11-18)21-16(3)29-30(17(21)4)25(26)32/h5-13,23H,1-4H3,(H2,26,32)(H,28,31). The Kier molecular flexibility index (Phi) is 5.48. The van der Waals surface area contributed by atoms with Crippen molar-refractivity contribution in [2.45, 2.75) is 33.7 Å². The highest BCUT2D eigenvalue weighted by atomic mass is 16.2. The highest BCUT2D eigenvalue weighted by Crippen LogP contribution is 2.29. The fourth-order valence-corrected chi connectivity index (χ4v) is 4.13. The Labute approximate surface area is 186 Å². The summed E-state index contributed by atoms with van der Waals surface area (Å²) in [6.45, 7) is 7.41. The molecule has 1 unspecified atom stereocenters. The van der Waals surface area contributed by atoms with Crippen LogP contribution < -0.4 is 11.1 Å². The number of fused-ring (bicyclic) bond motifs is 1. The second-order valence-electron chi connectivity index (χ2n) is 7.92. The Morgan fingerprint density at radius 1 is 0.969 bits per heavy atom. The minimum Gasteiger partial charge on any atom is -0.350 e. The number of carbonyl (C=O) groups is 2. The number of carbonyl (C=O) groups excluding carboxylic acids is 2. The van der Waals surface area contributed by atoms with E-state index in [0.29, 0.717) is 22.6 Å². The van der Waals surface area contributed by atoms with Gasteiger partial charge in [-0.05, 0) is 44.9 Å². The maximum absolute atomic E-state index is 13.4. The van der Waals surface area contributed by atoms with Crippen LogP contribution in [-0.4, -0.2) is 26.7 Å². The van der Waals surface area contributed by atoms with Crippen molar-refractivity contribution in [1.82, 2.24) is 20.1 Å². The van der Waals surface area contributed by atoms with E-state index < -0.39 is 12.1 Å². The van der Waals surface area contributed by atoms with Crippen molar-refractivity contribution >= 4 is 22.8 Å². The van der Waals surface area contributed by atoms with Gasteiger partial charge in [-0.2, -0.15) is 9.78 Å². The van der Waals surface area contributed by atoms with Crippen molar-refractivity contribution in [3.63, 3.8) is 0 Å². The summed E-state index contributed by atoms with van der Waals surface area (Å²) >= 11 is 0. The van der Waals surface area contributed by atoms with Crippen LogP contribution in [0.1, 0.15) is 50.2 Å². The molecule has 2 amide bonds. The zero-order chi connectivity index (χ0) is 23.0. The van der Waals surface area contributed by atoms with Crippen molar-refractivity contribution < 1.29 is 9.59 Å². The fraction of sp³-hybridized carbons (Fsp3) is 0.200. The first-order chi connectivity index (χ1) is 15.3. The van der Waals surface area contributed by atoms with Crippen molar-refractivity contribution in [3.8, 4) is 0 Å². The van der Waals surface area contributed by atoms with E-state index in [9.17, 15) is 9.59 Å². The van der Waals surface area contributed by atoms with E-state index in [2.05, 4.69) is 15.4 Å². The molecule has 0 aliphatic carbocycles. The third-order valence-electron chi connectivity index (χ3n) is 5.74. The Morgan fingerprint density at radius 3 is 2.34 bits per heavy atom. The van der Waals surface area contributed by atoms with Gasteiger partial charge in [0, 0.05) is 10.9 Å². The third-order valence-corrected chi connectivity index (χ3v) is 5.74. The maximum Gasteiger partial charge on any atom is 0.339 e. The lowest BCUT2D eigenvalue weighted by Gasteiger charge is -2.21. The molecular weight excluding hydrogens is 402 g/mol. The lowest BCUT2D eigenvalue weighted by Crippen LogP contribution is -2.31. The summed E-state index contributed by atoms with van der Waals surface area (Å²) in [5, 5.41) is 8.33. The Bertz CT molecular complexity index is 1340. The summed E-state index contributed by atoms with van der Waals surface area (Å²) in [7, 11) is 0. The molecular formula is C25H25N5O2. The molecule has 7 heteroatoms. The van der Waals surface area contributed by atoms with Gasteiger partial charge < -0.3 is 11.1 Å². The number of para-hydroxylation sites is 1. The molecule has 4 rings (SSSR count). The van der Waals surface area contributed by atoms with E-state index in [4.69, 9.17) is 5.73 Å². The first kappa shape index (κ1) is 21.2. The van der Waals surface area contributed by atoms with Crippen LogP contribution in [0.15, 0.2) is 54.6 Å². The van der Waals surface area contributed by atoms with Crippen molar-refractivity contribution in [3.05, 3.63) is 93.9 Å². The van der Waals surface area contributed by atoms with Gasteiger partial charge in [-0.15, -0.1) is 0 Å². The topological polar surface area (TPSA) is 103 Å². The summed E-state index contributed by atoms with van der Waals surface area (Å²) in [5.41, 5.74) is 11.4. The number of pyridine rings is 1.